The lowest BCUT2D eigenvalue weighted by Crippen LogP contribution is -2.42. The predicted octanol–water partition coefficient (Wildman–Crippen LogP) is 1.59. The molecule has 1 aliphatic rings. The van der Waals surface area contributed by atoms with Gasteiger partial charge in [-0.05, 0) is 44.1 Å². The highest BCUT2D eigenvalue weighted by Gasteiger charge is 2.16. The summed E-state index contributed by atoms with van der Waals surface area (Å²) in [5.41, 5.74) is 1.35. The van der Waals surface area contributed by atoms with Gasteiger partial charge in [-0.15, -0.1) is 0 Å². The van der Waals surface area contributed by atoms with Crippen LogP contribution >= 0.6 is 0 Å². The van der Waals surface area contributed by atoms with E-state index in [1.54, 1.807) is 0 Å². The van der Waals surface area contributed by atoms with E-state index >= 15 is 0 Å². The van der Waals surface area contributed by atoms with Crippen LogP contribution in [-0.2, 0) is 6.54 Å². The Morgan fingerprint density at radius 1 is 1.47 bits per heavy atom. The third kappa shape index (κ3) is 3.08. The Balaban J connectivity index is 1.69. The molecule has 0 amide bonds. The number of hydrogen-bond acceptors (Lipinski definition) is 2. The molecule has 1 fully saturated rings. The van der Waals surface area contributed by atoms with Gasteiger partial charge in [0.15, 0.2) is 0 Å². The number of hydrogen-bond donors (Lipinski definition) is 2. The van der Waals surface area contributed by atoms with E-state index in [0.29, 0.717) is 6.04 Å². The van der Waals surface area contributed by atoms with Crippen LogP contribution in [-0.4, -0.2) is 35.6 Å². The lowest BCUT2D eigenvalue weighted by atomic mass is 10.0. The van der Waals surface area contributed by atoms with Crippen LogP contribution in [0.3, 0.4) is 0 Å². The van der Waals surface area contributed by atoms with Crippen LogP contribution in [0.15, 0.2) is 18.5 Å². The molecule has 1 aromatic heterocycles. The predicted molar refractivity (Wildman–Crippen MR) is 62.8 cm³/mol. The highest BCUT2D eigenvalue weighted by molar-refractivity contribution is 5.07. The fourth-order valence-corrected chi connectivity index (χ4v) is 2.18. The molecule has 84 valence electrons. The number of aromatic nitrogens is 1. The number of aromatic amines is 1. The summed E-state index contributed by atoms with van der Waals surface area (Å²) in [5, 5.41) is 3.62. The first kappa shape index (κ1) is 10.7. The van der Waals surface area contributed by atoms with Gasteiger partial charge in [-0.2, -0.15) is 0 Å². The monoisotopic (exact) mass is 207 g/mol. The third-order valence-electron chi connectivity index (χ3n) is 3.29. The van der Waals surface area contributed by atoms with Crippen molar-refractivity contribution in [2.75, 3.05) is 19.6 Å². The minimum atomic E-state index is 0.711. The summed E-state index contributed by atoms with van der Waals surface area (Å²) in [7, 11) is 0. The highest BCUT2D eigenvalue weighted by atomic mass is 15.1. The largest absolute Gasteiger partial charge is 0.367 e. The molecule has 0 spiro atoms. The topological polar surface area (TPSA) is 31.1 Å². The summed E-state index contributed by atoms with van der Waals surface area (Å²) in [4.78, 5) is 5.61. The van der Waals surface area contributed by atoms with Crippen LogP contribution in [0.25, 0.3) is 0 Å². The zero-order valence-electron chi connectivity index (χ0n) is 9.50. The molecule has 3 nitrogen and oxygen atoms in total. The summed E-state index contributed by atoms with van der Waals surface area (Å²) in [6.07, 6.45) is 6.63. The Bertz CT molecular complexity index is 260. The van der Waals surface area contributed by atoms with Gasteiger partial charge in [0.2, 0.25) is 0 Å². The number of nitrogens with one attached hydrogen (secondary N) is 2. The summed E-state index contributed by atoms with van der Waals surface area (Å²) < 4.78 is 0. The normalized spacial score (nSPS) is 19.5. The Hall–Kier alpha value is -0.800. The van der Waals surface area contributed by atoms with Crippen molar-refractivity contribution in [3.05, 3.63) is 24.0 Å². The van der Waals surface area contributed by atoms with Crippen LogP contribution in [0.5, 0.6) is 0 Å². The van der Waals surface area contributed by atoms with Crippen molar-refractivity contribution in [2.24, 2.45) is 0 Å². The number of likely N-dealkylation sites (tertiary alicyclic amines) is 1. The molecular formula is C12H21N3. The SMILES string of the molecule is CCN1CCC(NCc2cc[nH]c2)CC1. The lowest BCUT2D eigenvalue weighted by Gasteiger charge is -2.31. The quantitative estimate of drug-likeness (QED) is 0.785. The second-order valence-electron chi connectivity index (χ2n) is 4.31. The van der Waals surface area contributed by atoms with E-state index < -0.39 is 0 Å². The van der Waals surface area contributed by atoms with Crippen molar-refractivity contribution in [3.8, 4) is 0 Å². The Labute approximate surface area is 91.9 Å². The molecule has 15 heavy (non-hydrogen) atoms. The van der Waals surface area contributed by atoms with E-state index in [1.807, 2.05) is 6.20 Å². The molecule has 1 aromatic rings. The van der Waals surface area contributed by atoms with Crippen molar-refractivity contribution >= 4 is 0 Å². The van der Waals surface area contributed by atoms with Crippen molar-refractivity contribution in [1.82, 2.24) is 15.2 Å². The summed E-state index contributed by atoms with van der Waals surface area (Å²) in [6.45, 7) is 6.95. The third-order valence-corrected chi connectivity index (χ3v) is 3.29. The standard InChI is InChI=1S/C12H21N3/c1-2-15-7-4-12(5-8-15)14-10-11-3-6-13-9-11/h3,6,9,12-14H,2,4-5,7-8,10H2,1H3. The van der Waals surface area contributed by atoms with Crippen LogP contribution < -0.4 is 5.32 Å². The average Bonchev–Trinajstić information content (AvgIpc) is 2.80. The molecule has 0 aliphatic carbocycles. The minimum Gasteiger partial charge on any atom is -0.367 e. The molecule has 0 bridgehead atoms. The van der Waals surface area contributed by atoms with Gasteiger partial charge in [0, 0.05) is 25.0 Å². The van der Waals surface area contributed by atoms with Crippen molar-refractivity contribution < 1.29 is 0 Å². The fraction of sp³-hybridized carbons (Fsp3) is 0.667. The van der Waals surface area contributed by atoms with E-state index in [0.717, 1.165) is 6.54 Å². The van der Waals surface area contributed by atoms with Gasteiger partial charge in [-0.1, -0.05) is 6.92 Å². The van der Waals surface area contributed by atoms with Crippen LogP contribution in [0, 0.1) is 0 Å². The smallest absolute Gasteiger partial charge is 0.0223 e. The summed E-state index contributed by atoms with van der Waals surface area (Å²) in [5.74, 6) is 0. The molecule has 0 saturated carbocycles. The summed E-state index contributed by atoms with van der Waals surface area (Å²) >= 11 is 0. The van der Waals surface area contributed by atoms with E-state index in [9.17, 15) is 0 Å². The molecule has 3 heteroatoms. The fourth-order valence-electron chi connectivity index (χ4n) is 2.18. The molecule has 2 N–H and O–H groups in total. The van der Waals surface area contributed by atoms with E-state index in [1.165, 1.54) is 38.0 Å². The van der Waals surface area contributed by atoms with Crippen molar-refractivity contribution in [1.29, 1.82) is 0 Å². The molecular weight excluding hydrogens is 186 g/mol. The zero-order chi connectivity index (χ0) is 10.5. The molecule has 2 rings (SSSR count). The maximum absolute atomic E-state index is 3.62. The van der Waals surface area contributed by atoms with Crippen LogP contribution in [0.2, 0.25) is 0 Å². The second-order valence-corrected chi connectivity index (χ2v) is 4.31. The second kappa shape index (κ2) is 5.33. The molecule has 0 aromatic carbocycles. The number of H-pyrrole nitrogens is 1. The molecule has 2 heterocycles. The maximum Gasteiger partial charge on any atom is 0.0223 e. The molecule has 1 aliphatic heterocycles. The maximum atomic E-state index is 3.62. The molecule has 1 saturated heterocycles. The first-order valence-electron chi connectivity index (χ1n) is 5.96. The average molecular weight is 207 g/mol. The number of nitrogens with zero attached hydrogens (tertiary/aromatic N) is 1. The van der Waals surface area contributed by atoms with Crippen LogP contribution in [0.4, 0.5) is 0 Å². The molecule has 0 unspecified atom stereocenters. The van der Waals surface area contributed by atoms with Gasteiger partial charge in [0.05, 0.1) is 0 Å². The van der Waals surface area contributed by atoms with Gasteiger partial charge in [-0.3, -0.25) is 0 Å². The number of piperidine rings is 1. The van der Waals surface area contributed by atoms with E-state index in [-0.39, 0.29) is 0 Å². The van der Waals surface area contributed by atoms with Gasteiger partial charge >= 0.3 is 0 Å². The Morgan fingerprint density at radius 2 is 2.27 bits per heavy atom. The molecule has 0 radical (unpaired) electrons. The van der Waals surface area contributed by atoms with E-state index in [2.05, 4.69) is 34.4 Å². The van der Waals surface area contributed by atoms with Crippen molar-refractivity contribution in [3.63, 3.8) is 0 Å². The molecule has 0 atom stereocenters. The van der Waals surface area contributed by atoms with Crippen LogP contribution in [0.1, 0.15) is 25.3 Å². The van der Waals surface area contributed by atoms with Gasteiger partial charge < -0.3 is 15.2 Å². The van der Waals surface area contributed by atoms with E-state index in [4.69, 9.17) is 0 Å². The summed E-state index contributed by atoms with van der Waals surface area (Å²) in [6, 6.07) is 2.84. The Kier molecular flexibility index (Phi) is 3.80. The first-order chi connectivity index (χ1) is 7.38. The van der Waals surface area contributed by atoms with Gasteiger partial charge in [0.1, 0.15) is 0 Å². The van der Waals surface area contributed by atoms with Gasteiger partial charge in [-0.25, -0.2) is 0 Å². The zero-order valence-corrected chi connectivity index (χ0v) is 9.50. The lowest BCUT2D eigenvalue weighted by molar-refractivity contribution is 0.206. The van der Waals surface area contributed by atoms with Gasteiger partial charge in [0.25, 0.3) is 0 Å². The highest BCUT2D eigenvalue weighted by Crippen LogP contribution is 2.10. The Morgan fingerprint density at radius 3 is 2.87 bits per heavy atom. The minimum absolute atomic E-state index is 0.711. The first-order valence-corrected chi connectivity index (χ1v) is 5.96. The number of rotatable bonds is 4. The van der Waals surface area contributed by atoms with Crippen molar-refractivity contribution in [2.45, 2.75) is 32.4 Å².